The summed E-state index contributed by atoms with van der Waals surface area (Å²) >= 11 is 0. The first kappa shape index (κ1) is 12.0. The Labute approximate surface area is 123 Å². The SMILES string of the molecule is O=P12ONc3nc(Cc4ccccc4)nc4nc(n(c34)O1)O2. The molecule has 1 N–H and O–H groups in total. The standard InChI is InChI=1S/C12H8N5O4P/c18-22-19-12-15-10-9(17(12)21-22)11(16-20-22)14-8(13-10)6-7-4-2-1-3-5-7/h1-5H,6H2,(H,13,14,16). The molecular formula is C12H8N5O4P. The third kappa shape index (κ3) is 1.63. The Kier molecular flexibility index (Phi) is 2.15. The number of rotatable bonds is 2. The third-order valence-electron chi connectivity index (χ3n) is 3.32. The Morgan fingerprint density at radius 1 is 1.18 bits per heavy atom. The van der Waals surface area contributed by atoms with Crippen LogP contribution in [0.5, 0.6) is 6.01 Å². The van der Waals surface area contributed by atoms with E-state index in [0.717, 1.165) is 5.56 Å². The fourth-order valence-electron chi connectivity index (χ4n) is 2.40. The molecule has 2 aliphatic heterocycles. The quantitative estimate of drug-likeness (QED) is 0.713. The fourth-order valence-corrected chi connectivity index (χ4v) is 3.37. The molecular weight excluding hydrogens is 309 g/mol. The molecule has 2 aliphatic rings. The first-order valence-electron chi connectivity index (χ1n) is 6.48. The number of imidazole rings is 1. The highest BCUT2D eigenvalue weighted by Gasteiger charge is 2.46. The van der Waals surface area contributed by atoms with Crippen molar-refractivity contribution in [3.8, 4) is 6.01 Å². The van der Waals surface area contributed by atoms with E-state index in [4.69, 9.17) is 13.8 Å². The van der Waals surface area contributed by atoms with Crippen LogP contribution in [-0.2, 0) is 15.6 Å². The van der Waals surface area contributed by atoms with Crippen LogP contribution in [0.15, 0.2) is 30.3 Å². The number of nitrogens with one attached hydrogen (secondary N) is 1. The number of phosphoric acid groups is 1. The minimum atomic E-state index is -3.72. The van der Waals surface area contributed by atoms with E-state index in [9.17, 15) is 4.57 Å². The molecule has 0 saturated heterocycles. The van der Waals surface area contributed by atoms with Gasteiger partial charge >= 0.3 is 13.8 Å². The molecule has 0 aliphatic carbocycles. The summed E-state index contributed by atoms with van der Waals surface area (Å²) < 4.78 is 28.4. The van der Waals surface area contributed by atoms with Crippen molar-refractivity contribution in [1.82, 2.24) is 19.7 Å². The number of hydrogen-bond donors (Lipinski definition) is 1. The third-order valence-corrected chi connectivity index (χ3v) is 4.39. The summed E-state index contributed by atoms with van der Waals surface area (Å²) in [4.78, 5) is 12.9. The van der Waals surface area contributed by atoms with Crippen LogP contribution in [0.3, 0.4) is 0 Å². The fraction of sp³-hybridized carbons (Fsp3) is 0.0833. The average molecular weight is 317 g/mol. The molecule has 0 spiro atoms. The van der Waals surface area contributed by atoms with Crippen LogP contribution in [-0.4, -0.2) is 19.7 Å². The van der Waals surface area contributed by atoms with Crippen molar-refractivity contribution < 1.29 is 18.3 Å². The lowest BCUT2D eigenvalue weighted by Crippen LogP contribution is -2.05. The summed E-state index contributed by atoms with van der Waals surface area (Å²) in [6.45, 7) is 0. The Morgan fingerprint density at radius 2 is 2.05 bits per heavy atom. The van der Waals surface area contributed by atoms with Crippen LogP contribution < -0.4 is 14.6 Å². The summed E-state index contributed by atoms with van der Waals surface area (Å²) in [6.07, 6.45) is 0.535. The average Bonchev–Trinajstić information content (AvgIpc) is 2.94. The first-order valence-corrected chi connectivity index (χ1v) is 7.94. The topological polar surface area (TPSA) is 100 Å². The Balaban J connectivity index is 1.66. The van der Waals surface area contributed by atoms with E-state index in [2.05, 4.69) is 20.4 Å². The van der Waals surface area contributed by atoms with Gasteiger partial charge in [0.1, 0.15) is 5.82 Å². The van der Waals surface area contributed by atoms with Crippen LogP contribution in [0.1, 0.15) is 11.4 Å². The molecule has 0 fully saturated rings. The minimum absolute atomic E-state index is 0.0484. The molecule has 4 heterocycles. The molecule has 2 bridgehead atoms. The van der Waals surface area contributed by atoms with Crippen LogP contribution in [0, 0.1) is 0 Å². The monoisotopic (exact) mass is 317 g/mol. The van der Waals surface area contributed by atoms with E-state index >= 15 is 0 Å². The van der Waals surface area contributed by atoms with Crippen molar-refractivity contribution in [3.63, 3.8) is 0 Å². The molecule has 22 heavy (non-hydrogen) atoms. The van der Waals surface area contributed by atoms with Crippen LogP contribution in [0.4, 0.5) is 5.82 Å². The Bertz CT molecular complexity index is 957. The van der Waals surface area contributed by atoms with Gasteiger partial charge in [-0.1, -0.05) is 30.3 Å². The predicted molar refractivity (Wildman–Crippen MR) is 74.1 cm³/mol. The van der Waals surface area contributed by atoms with Gasteiger partial charge in [0.2, 0.25) is 0 Å². The van der Waals surface area contributed by atoms with Gasteiger partial charge in [0, 0.05) is 6.42 Å². The largest absolute Gasteiger partial charge is 0.632 e. The smallest absolute Gasteiger partial charge is 0.355 e. The van der Waals surface area contributed by atoms with Crippen molar-refractivity contribution >= 4 is 24.8 Å². The predicted octanol–water partition coefficient (Wildman–Crippen LogP) is 1.70. The summed E-state index contributed by atoms with van der Waals surface area (Å²) in [5.74, 6) is 0.898. The first-order chi connectivity index (χ1) is 10.7. The second-order valence-corrected chi connectivity index (χ2v) is 6.25. The molecule has 0 saturated carbocycles. The lowest BCUT2D eigenvalue weighted by molar-refractivity contribution is 0.226. The van der Waals surface area contributed by atoms with Crippen LogP contribution in [0.2, 0.25) is 0 Å². The van der Waals surface area contributed by atoms with Crippen molar-refractivity contribution in [2.45, 2.75) is 6.42 Å². The van der Waals surface area contributed by atoms with E-state index in [1.807, 2.05) is 30.3 Å². The molecule has 9 nitrogen and oxygen atoms in total. The zero-order chi connectivity index (χ0) is 14.7. The second kappa shape index (κ2) is 3.96. The number of fused-ring (bicyclic) bond motifs is 1. The van der Waals surface area contributed by atoms with Gasteiger partial charge in [0.15, 0.2) is 17.0 Å². The van der Waals surface area contributed by atoms with Crippen LogP contribution in [0.25, 0.3) is 11.2 Å². The maximum atomic E-state index is 12.0. The highest BCUT2D eigenvalue weighted by molar-refractivity contribution is 7.49. The molecule has 0 radical (unpaired) electrons. The molecule has 10 heteroatoms. The van der Waals surface area contributed by atoms with Gasteiger partial charge in [0.25, 0.3) is 0 Å². The van der Waals surface area contributed by atoms with Gasteiger partial charge < -0.3 is 4.52 Å². The Morgan fingerprint density at radius 3 is 2.91 bits per heavy atom. The normalized spacial score (nSPS) is 21.3. The summed E-state index contributed by atoms with van der Waals surface area (Å²) in [5, 5.41) is 0. The van der Waals surface area contributed by atoms with E-state index in [-0.39, 0.29) is 6.01 Å². The van der Waals surface area contributed by atoms with E-state index in [1.54, 1.807) is 0 Å². The lowest BCUT2D eigenvalue weighted by atomic mass is 10.1. The van der Waals surface area contributed by atoms with E-state index in [1.165, 1.54) is 4.73 Å². The molecule has 5 rings (SSSR count). The van der Waals surface area contributed by atoms with Gasteiger partial charge in [0.05, 0.1) is 0 Å². The number of anilines is 1. The van der Waals surface area contributed by atoms with Crippen molar-refractivity contribution in [1.29, 1.82) is 0 Å². The Hall–Kier alpha value is -2.64. The maximum Gasteiger partial charge on any atom is 0.632 e. The highest BCUT2D eigenvalue weighted by atomic mass is 31.2. The summed E-state index contributed by atoms with van der Waals surface area (Å²) in [5.41, 5.74) is 4.39. The van der Waals surface area contributed by atoms with Gasteiger partial charge in [-0.3, -0.25) is 4.62 Å². The van der Waals surface area contributed by atoms with Crippen molar-refractivity contribution in [2.24, 2.45) is 0 Å². The van der Waals surface area contributed by atoms with Gasteiger partial charge in [-0.2, -0.15) is 4.98 Å². The van der Waals surface area contributed by atoms with E-state index < -0.39 is 7.82 Å². The zero-order valence-corrected chi connectivity index (χ0v) is 11.9. The zero-order valence-electron chi connectivity index (χ0n) is 11.0. The summed E-state index contributed by atoms with van der Waals surface area (Å²) in [7, 11) is -3.72. The minimum Gasteiger partial charge on any atom is -0.355 e. The molecule has 2 aromatic heterocycles. The van der Waals surface area contributed by atoms with Crippen LogP contribution >= 0.6 is 7.82 Å². The molecule has 1 atom stereocenters. The van der Waals surface area contributed by atoms with Crippen molar-refractivity contribution in [2.75, 3.05) is 5.48 Å². The molecule has 1 unspecified atom stereocenters. The van der Waals surface area contributed by atoms with Crippen molar-refractivity contribution in [3.05, 3.63) is 41.7 Å². The number of nitrogens with zero attached hydrogens (tertiary/aromatic N) is 4. The lowest BCUT2D eigenvalue weighted by Gasteiger charge is -2.06. The maximum absolute atomic E-state index is 12.0. The van der Waals surface area contributed by atoms with Gasteiger partial charge in [-0.05, 0) is 5.56 Å². The number of hydrogen-bond acceptors (Lipinski definition) is 8. The molecule has 1 aromatic carbocycles. The van der Waals surface area contributed by atoms with Gasteiger partial charge in [-0.15, -0.1) is 9.35 Å². The number of benzene rings is 1. The highest BCUT2D eigenvalue weighted by Crippen LogP contribution is 2.54. The second-order valence-electron chi connectivity index (χ2n) is 4.83. The number of aromatic nitrogens is 4. The molecule has 110 valence electrons. The van der Waals surface area contributed by atoms with E-state index in [0.29, 0.717) is 29.2 Å². The molecule has 3 aromatic rings. The van der Waals surface area contributed by atoms with Gasteiger partial charge in [-0.25, -0.2) is 20.0 Å². The molecule has 0 amide bonds. The summed E-state index contributed by atoms with van der Waals surface area (Å²) in [6, 6.07) is 9.86.